The van der Waals surface area contributed by atoms with Crippen LogP contribution in [0.5, 0.6) is 0 Å². The Labute approximate surface area is 141 Å². The van der Waals surface area contributed by atoms with Crippen molar-refractivity contribution in [2.45, 2.75) is 105 Å². The second kappa shape index (κ2) is 5.37. The molecular formula is C20H38NP. The summed E-state index contributed by atoms with van der Waals surface area (Å²) in [6.07, 6.45) is 0. The van der Waals surface area contributed by atoms with Crippen molar-refractivity contribution in [2.75, 3.05) is 0 Å². The molecule has 1 unspecified atom stereocenters. The molecule has 1 aromatic heterocycles. The summed E-state index contributed by atoms with van der Waals surface area (Å²) < 4.78 is 2.42. The minimum absolute atomic E-state index is 0.119. The Hall–Kier alpha value is -0.290. The van der Waals surface area contributed by atoms with E-state index in [1.165, 1.54) is 22.5 Å². The maximum atomic E-state index is 3.01. The smallest absolute Gasteiger partial charge is 0.0304 e. The van der Waals surface area contributed by atoms with E-state index in [1.807, 2.05) is 0 Å². The number of hydrogen-bond donors (Lipinski definition) is 0. The molecule has 0 amide bonds. The van der Waals surface area contributed by atoms with Crippen molar-refractivity contribution in [3.63, 3.8) is 0 Å². The molecule has 1 nitrogen and oxygen atoms in total. The molecule has 0 aliphatic rings. The highest BCUT2D eigenvalue weighted by molar-refractivity contribution is 7.14. The van der Waals surface area contributed by atoms with Gasteiger partial charge in [0.2, 0.25) is 0 Å². The van der Waals surface area contributed by atoms with E-state index >= 15 is 0 Å². The third-order valence-corrected chi connectivity index (χ3v) is 4.64. The molecule has 2 heteroatoms. The van der Waals surface area contributed by atoms with Crippen LogP contribution >= 0.6 is 9.39 Å². The lowest BCUT2D eigenvalue weighted by Gasteiger charge is -2.33. The van der Waals surface area contributed by atoms with Crippen LogP contribution in [-0.4, -0.2) is 4.34 Å². The number of hydrogen-bond acceptors (Lipinski definition) is 0. The van der Waals surface area contributed by atoms with Gasteiger partial charge in [0.15, 0.2) is 0 Å². The molecule has 0 aliphatic carbocycles. The fourth-order valence-corrected chi connectivity index (χ4v) is 4.56. The zero-order chi connectivity index (χ0) is 17.9. The average Bonchev–Trinajstić information content (AvgIpc) is 2.48. The molecule has 0 fully saturated rings. The van der Waals surface area contributed by atoms with Crippen molar-refractivity contribution in [2.24, 2.45) is 0 Å². The minimum Gasteiger partial charge on any atom is -0.332 e. The van der Waals surface area contributed by atoms with E-state index in [0.29, 0.717) is 0 Å². The van der Waals surface area contributed by atoms with Crippen molar-refractivity contribution in [1.29, 1.82) is 0 Å². The van der Waals surface area contributed by atoms with E-state index in [9.17, 15) is 0 Å². The SMILES string of the molecule is CC(C)(C)c1c(C(C)(C)C)c(C(C)(C)C)n(P)c1C(C)(C)C. The molecule has 1 rings (SSSR count). The van der Waals surface area contributed by atoms with Crippen LogP contribution in [0.15, 0.2) is 0 Å². The maximum Gasteiger partial charge on any atom is 0.0304 e. The Morgan fingerprint density at radius 3 is 0.864 bits per heavy atom. The van der Waals surface area contributed by atoms with Crippen molar-refractivity contribution in [3.05, 3.63) is 22.5 Å². The predicted octanol–water partition coefficient (Wildman–Crippen LogP) is 6.32. The van der Waals surface area contributed by atoms with Crippen molar-refractivity contribution >= 4 is 9.39 Å². The Balaban J connectivity index is 4.11. The molecule has 0 spiro atoms. The highest BCUT2D eigenvalue weighted by Gasteiger charge is 2.40. The first-order valence-corrected chi connectivity index (χ1v) is 8.97. The molecule has 0 bridgehead atoms. The van der Waals surface area contributed by atoms with Gasteiger partial charge >= 0.3 is 0 Å². The lowest BCUT2D eigenvalue weighted by molar-refractivity contribution is 0.494. The molecule has 1 aromatic rings. The molecule has 1 heterocycles. The van der Waals surface area contributed by atoms with Gasteiger partial charge in [-0.25, -0.2) is 0 Å². The molecule has 0 N–H and O–H groups in total. The first-order chi connectivity index (χ1) is 9.40. The Kier molecular flexibility index (Phi) is 4.82. The Morgan fingerprint density at radius 2 is 0.727 bits per heavy atom. The van der Waals surface area contributed by atoms with E-state index in [1.54, 1.807) is 0 Å². The molecule has 0 saturated heterocycles. The van der Waals surface area contributed by atoms with Crippen LogP contribution in [0.3, 0.4) is 0 Å². The molecule has 1 atom stereocenters. The summed E-state index contributed by atoms with van der Waals surface area (Å²) in [7, 11) is 3.01. The first kappa shape index (κ1) is 19.8. The molecule has 0 saturated carbocycles. The van der Waals surface area contributed by atoms with Crippen LogP contribution in [0, 0.1) is 0 Å². The monoisotopic (exact) mass is 323 g/mol. The number of nitrogens with zero attached hydrogens (tertiary/aromatic N) is 1. The molecule has 0 radical (unpaired) electrons. The minimum atomic E-state index is 0.119. The highest BCUT2D eigenvalue weighted by atomic mass is 31.0. The summed E-state index contributed by atoms with van der Waals surface area (Å²) in [5, 5.41) is 0. The summed E-state index contributed by atoms with van der Waals surface area (Å²) in [6, 6.07) is 0. The van der Waals surface area contributed by atoms with Gasteiger partial charge in [0.25, 0.3) is 0 Å². The van der Waals surface area contributed by atoms with Crippen LogP contribution in [0.25, 0.3) is 0 Å². The summed E-state index contributed by atoms with van der Waals surface area (Å²) in [4.78, 5) is 0. The van der Waals surface area contributed by atoms with Crippen molar-refractivity contribution in [1.82, 2.24) is 4.34 Å². The van der Waals surface area contributed by atoms with Crippen molar-refractivity contribution < 1.29 is 0 Å². The van der Waals surface area contributed by atoms with Crippen LogP contribution in [0.1, 0.15) is 106 Å². The van der Waals surface area contributed by atoms with E-state index in [0.717, 1.165) is 0 Å². The largest absolute Gasteiger partial charge is 0.332 e. The number of aromatic nitrogens is 1. The predicted molar refractivity (Wildman–Crippen MR) is 104 cm³/mol. The van der Waals surface area contributed by atoms with Gasteiger partial charge < -0.3 is 4.34 Å². The fraction of sp³-hybridized carbons (Fsp3) is 0.800. The van der Waals surface area contributed by atoms with Gasteiger partial charge in [-0.3, -0.25) is 0 Å². The standard InChI is InChI=1S/C20H38NP/c1-17(2,3)13-14(18(4,5)6)16(20(10,11)12)21(22)15(13)19(7,8)9/h22H2,1-12H3. The van der Waals surface area contributed by atoms with Gasteiger partial charge in [0.05, 0.1) is 0 Å². The van der Waals surface area contributed by atoms with Gasteiger partial charge in [0, 0.05) is 22.2 Å². The molecule has 0 aromatic carbocycles. The third-order valence-electron chi connectivity index (χ3n) is 4.13. The van der Waals surface area contributed by atoms with Crippen molar-refractivity contribution in [3.8, 4) is 0 Å². The van der Waals surface area contributed by atoms with E-state index < -0.39 is 0 Å². The summed E-state index contributed by atoms with van der Waals surface area (Å²) in [5.41, 5.74) is 6.49. The van der Waals surface area contributed by atoms with Gasteiger partial charge in [-0.1, -0.05) is 83.1 Å². The summed E-state index contributed by atoms with van der Waals surface area (Å²) in [5.74, 6) is 0. The second-order valence-electron chi connectivity index (χ2n) is 10.8. The van der Waals surface area contributed by atoms with Gasteiger partial charge in [-0.2, -0.15) is 0 Å². The normalized spacial score (nSPS) is 14.6. The van der Waals surface area contributed by atoms with Crippen LogP contribution in [-0.2, 0) is 21.7 Å². The quantitative estimate of drug-likeness (QED) is 0.493. The molecule has 22 heavy (non-hydrogen) atoms. The summed E-state index contributed by atoms with van der Waals surface area (Å²) >= 11 is 0. The van der Waals surface area contributed by atoms with E-state index in [2.05, 4.69) is 96.8 Å². The molecule has 128 valence electrons. The topological polar surface area (TPSA) is 4.93 Å². The van der Waals surface area contributed by atoms with Gasteiger partial charge in [-0.05, 0) is 31.3 Å². The third kappa shape index (κ3) is 3.61. The lowest BCUT2D eigenvalue weighted by atomic mass is 9.70. The lowest BCUT2D eigenvalue weighted by Crippen LogP contribution is -2.26. The van der Waals surface area contributed by atoms with E-state index in [-0.39, 0.29) is 21.7 Å². The Morgan fingerprint density at radius 1 is 0.500 bits per heavy atom. The van der Waals surface area contributed by atoms with Gasteiger partial charge in [-0.15, -0.1) is 0 Å². The van der Waals surface area contributed by atoms with Gasteiger partial charge in [0.1, 0.15) is 0 Å². The zero-order valence-corrected chi connectivity index (χ0v) is 18.2. The van der Waals surface area contributed by atoms with Crippen LogP contribution < -0.4 is 0 Å². The number of rotatable bonds is 0. The van der Waals surface area contributed by atoms with Crippen LogP contribution in [0.2, 0.25) is 0 Å². The molecule has 0 aliphatic heterocycles. The zero-order valence-electron chi connectivity index (χ0n) is 17.0. The average molecular weight is 324 g/mol. The van der Waals surface area contributed by atoms with E-state index in [4.69, 9.17) is 0 Å². The first-order valence-electron chi connectivity index (χ1n) is 8.46. The second-order valence-corrected chi connectivity index (χ2v) is 11.3. The fourth-order valence-electron chi connectivity index (χ4n) is 3.52. The molecular weight excluding hydrogens is 285 g/mol. The van der Waals surface area contributed by atoms with Crippen LogP contribution in [0.4, 0.5) is 0 Å². The highest BCUT2D eigenvalue weighted by Crippen LogP contribution is 2.48. The Bertz CT molecular complexity index is 499. The summed E-state index contributed by atoms with van der Waals surface area (Å²) in [6.45, 7) is 28.1. The maximum absolute atomic E-state index is 3.01.